The Morgan fingerprint density at radius 2 is 2.00 bits per heavy atom. The summed E-state index contributed by atoms with van der Waals surface area (Å²) < 4.78 is 0. The Labute approximate surface area is 137 Å². The van der Waals surface area contributed by atoms with Crippen molar-refractivity contribution in [2.24, 2.45) is 5.92 Å². The van der Waals surface area contributed by atoms with Crippen molar-refractivity contribution in [2.75, 3.05) is 18.4 Å². The Balaban J connectivity index is 0.00000242. The van der Waals surface area contributed by atoms with Crippen LogP contribution in [0.25, 0.3) is 0 Å². The second kappa shape index (κ2) is 8.76. The van der Waals surface area contributed by atoms with Crippen molar-refractivity contribution in [3.05, 3.63) is 29.8 Å². The fourth-order valence-electron chi connectivity index (χ4n) is 2.44. The largest absolute Gasteiger partial charge is 0.350 e. The zero-order valence-electron chi connectivity index (χ0n) is 13.0. The van der Waals surface area contributed by atoms with E-state index in [-0.39, 0.29) is 36.2 Å². The summed E-state index contributed by atoms with van der Waals surface area (Å²) in [4.78, 5) is 24.4. The summed E-state index contributed by atoms with van der Waals surface area (Å²) in [7, 11) is 0. The van der Waals surface area contributed by atoms with Crippen LogP contribution < -0.4 is 16.0 Å². The molecule has 1 heterocycles. The maximum Gasteiger partial charge on any atom is 0.253 e. The number of benzene rings is 1. The Kier molecular flexibility index (Phi) is 7.35. The first-order chi connectivity index (χ1) is 10.1. The summed E-state index contributed by atoms with van der Waals surface area (Å²) in [6.45, 7) is 5.49. The zero-order valence-corrected chi connectivity index (χ0v) is 13.8. The van der Waals surface area contributed by atoms with Crippen LogP contribution in [0.5, 0.6) is 0 Å². The number of hydrogen-bond acceptors (Lipinski definition) is 3. The molecule has 3 N–H and O–H groups in total. The molecule has 1 atom stereocenters. The standard InChI is InChI=1S/C16H23N3O2.ClH/c1-11(2)18-16(21)13-7-3-4-8-14(13)19-15(20)12-6-5-9-17-10-12;/h3-4,7-8,11-12,17H,5-6,9-10H2,1-2H3,(H,18,21)(H,19,20);1H. The topological polar surface area (TPSA) is 70.2 Å². The van der Waals surface area contributed by atoms with Gasteiger partial charge < -0.3 is 16.0 Å². The Hall–Kier alpha value is -1.59. The summed E-state index contributed by atoms with van der Waals surface area (Å²) in [5.74, 6) is -0.213. The smallest absolute Gasteiger partial charge is 0.253 e. The Morgan fingerprint density at radius 3 is 2.64 bits per heavy atom. The third kappa shape index (κ3) is 5.00. The SMILES string of the molecule is CC(C)NC(=O)c1ccccc1NC(=O)C1CCCNC1.Cl. The lowest BCUT2D eigenvalue weighted by Gasteiger charge is -2.22. The first-order valence-electron chi connectivity index (χ1n) is 7.49. The van der Waals surface area contributed by atoms with Gasteiger partial charge in [0.1, 0.15) is 0 Å². The van der Waals surface area contributed by atoms with Crippen LogP contribution in [0.4, 0.5) is 5.69 Å². The molecule has 0 radical (unpaired) electrons. The molecule has 1 aliphatic heterocycles. The van der Waals surface area contributed by atoms with Crippen molar-refractivity contribution in [3.8, 4) is 0 Å². The van der Waals surface area contributed by atoms with Gasteiger partial charge in [-0.05, 0) is 45.4 Å². The number of rotatable bonds is 4. The van der Waals surface area contributed by atoms with E-state index in [0.29, 0.717) is 17.8 Å². The van der Waals surface area contributed by atoms with E-state index < -0.39 is 0 Å². The highest BCUT2D eigenvalue weighted by atomic mass is 35.5. The Bertz CT molecular complexity index is 514. The van der Waals surface area contributed by atoms with Crippen LogP contribution in [0.1, 0.15) is 37.0 Å². The van der Waals surface area contributed by atoms with E-state index in [2.05, 4.69) is 16.0 Å². The predicted molar refractivity (Wildman–Crippen MR) is 90.5 cm³/mol. The van der Waals surface area contributed by atoms with Gasteiger partial charge in [0.2, 0.25) is 5.91 Å². The molecule has 1 saturated heterocycles. The lowest BCUT2D eigenvalue weighted by atomic mass is 9.98. The van der Waals surface area contributed by atoms with Gasteiger partial charge in [0.05, 0.1) is 17.2 Å². The molecule has 6 heteroatoms. The molecule has 1 unspecified atom stereocenters. The van der Waals surface area contributed by atoms with Gasteiger partial charge >= 0.3 is 0 Å². The van der Waals surface area contributed by atoms with Crippen LogP contribution >= 0.6 is 12.4 Å². The van der Waals surface area contributed by atoms with Gasteiger partial charge in [0, 0.05) is 12.6 Å². The van der Waals surface area contributed by atoms with Crippen LogP contribution in [-0.4, -0.2) is 30.9 Å². The van der Waals surface area contributed by atoms with Crippen LogP contribution in [0.15, 0.2) is 24.3 Å². The molecule has 1 aromatic rings. The number of anilines is 1. The second-order valence-corrected chi connectivity index (χ2v) is 5.71. The minimum Gasteiger partial charge on any atom is -0.350 e. The van der Waals surface area contributed by atoms with E-state index in [1.807, 2.05) is 19.9 Å². The number of amides is 2. The molecule has 1 aliphatic rings. The number of para-hydroxylation sites is 1. The predicted octanol–water partition coefficient (Wildman–Crippen LogP) is 2.18. The van der Waals surface area contributed by atoms with Crippen molar-refractivity contribution in [2.45, 2.75) is 32.7 Å². The van der Waals surface area contributed by atoms with Crippen molar-refractivity contribution in [3.63, 3.8) is 0 Å². The van der Waals surface area contributed by atoms with E-state index in [1.165, 1.54) is 0 Å². The van der Waals surface area contributed by atoms with E-state index in [1.54, 1.807) is 18.2 Å². The third-order valence-corrected chi connectivity index (χ3v) is 3.52. The van der Waals surface area contributed by atoms with Gasteiger partial charge in [0.25, 0.3) is 5.91 Å². The molecule has 0 aliphatic carbocycles. The normalized spacial score (nSPS) is 17.5. The molecule has 2 amide bonds. The zero-order chi connectivity index (χ0) is 15.2. The van der Waals surface area contributed by atoms with Crippen LogP contribution in [0.2, 0.25) is 0 Å². The summed E-state index contributed by atoms with van der Waals surface area (Å²) >= 11 is 0. The van der Waals surface area contributed by atoms with Crippen molar-refractivity contribution < 1.29 is 9.59 Å². The summed E-state index contributed by atoms with van der Waals surface area (Å²) in [5, 5.41) is 8.97. The molecule has 0 spiro atoms. The highest BCUT2D eigenvalue weighted by Crippen LogP contribution is 2.18. The van der Waals surface area contributed by atoms with Crippen LogP contribution in [-0.2, 0) is 4.79 Å². The van der Waals surface area contributed by atoms with Gasteiger partial charge in [-0.25, -0.2) is 0 Å². The number of carbonyl (C=O) groups is 2. The molecule has 5 nitrogen and oxygen atoms in total. The van der Waals surface area contributed by atoms with Gasteiger partial charge in [-0.15, -0.1) is 12.4 Å². The highest BCUT2D eigenvalue weighted by Gasteiger charge is 2.22. The van der Waals surface area contributed by atoms with E-state index in [9.17, 15) is 9.59 Å². The minimum atomic E-state index is -0.164. The lowest BCUT2D eigenvalue weighted by molar-refractivity contribution is -0.120. The monoisotopic (exact) mass is 325 g/mol. The van der Waals surface area contributed by atoms with E-state index in [4.69, 9.17) is 0 Å². The molecule has 1 aromatic carbocycles. The summed E-state index contributed by atoms with van der Waals surface area (Å²) in [6.07, 6.45) is 1.90. The molecule has 2 rings (SSSR count). The summed E-state index contributed by atoms with van der Waals surface area (Å²) in [6, 6.07) is 7.17. The van der Waals surface area contributed by atoms with E-state index >= 15 is 0 Å². The van der Waals surface area contributed by atoms with Crippen molar-refractivity contribution in [1.29, 1.82) is 0 Å². The van der Waals surface area contributed by atoms with Gasteiger partial charge in [-0.2, -0.15) is 0 Å². The molecule has 0 aromatic heterocycles. The first-order valence-corrected chi connectivity index (χ1v) is 7.49. The molecular formula is C16H24ClN3O2. The van der Waals surface area contributed by atoms with Gasteiger partial charge in [-0.1, -0.05) is 12.1 Å². The highest BCUT2D eigenvalue weighted by molar-refractivity contribution is 6.04. The van der Waals surface area contributed by atoms with Gasteiger partial charge in [-0.3, -0.25) is 9.59 Å². The maximum atomic E-state index is 12.3. The van der Waals surface area contributed by atoms with Crippen LogP contribution in [0.3, 0.4) is 0 Å². The second-order valence-electron chi connectivity index (χ2n) is 5.71. The molecule has 0 saturated carbocycles. The molecule has 122 valence electrons. The third-order valence-electron chi connectivity index (χ3n) is 3.52. The molecule has 1 fully saturated rings. The van der Waals surface area contributed by atoms with Gasteiger partial charge in [0.15, 0.2) is 0 Å². The Morgan fingerprint density at radius 1 is 1.27 bits per heavy atom. The van der Waals surface area contributed by atoms with Crippen LogP contribution in [0, 0.1) is 5.92 Å². The maximum absolute atomic E-state index is 12.3. The number of halogens is 1. The van der Waals surface area contributed by atoms with E-state index in [0.717, 1.165) is 19.4 Å². The fraction of sp³-hybridized carbons (Fsp3) is 0.500. The quantitative estimate of drug-likeness (QED) is 0.794. The van der Waals surface area contributed by atoms with Crippen molar-refractivity contribution >= 4 is 29.9 Å². The minimum absolute atomic E-state index is 0. The average Bonchev–Trinajstić information content (AvgIpc) is 2.48. The number of nitrogens with one attached hydrogen (secondary N) is 3. The number of hydrogen-bond donors (Lipinski definition) is 3. The molecular weight excluding hydrogens is 302 g/mol. The number of piperidine rings is 1. The lowest BCUT2D eigenvalue weighted by Crippen LogP contribution is -2.37. The first kappa shape index (κ1) is 18.5. The number of carbonyl (C=O) groups excluding carboxylic acids is 2. The molecule has 0 bridgehead atoms. The molecule has 22 heavy (non-hydrogen) atoms. The summed E-state index contributed by atoms with van der Waals surface area (Å²) in [5.41, 5.74) is 1.08. The fourth-order valence-corrected chi connectivity index (χ4v) is 2.44. The van der Waals surface area contributed by atoms with Crippen molar-refractivity contribution in [1.82, 2.24) is 10.6 Å². The average molecular weight is 326 g/mol.